The summed E-state index contributed by atoms with van der Waals surface area (Å²) in [6.45, 7) is 1.85. The molecule has 2 amide bonds. The van der Waals surface area contributed by atoms with Gasteiger partial charge in [-0.25, -0.2) is 0 Å². The third kappa shape index (κ3) is 5.72. The number of halogens is 1. The van der Waals surface area contributed by atoms with Crippen molar-refractivity contribution in [2.75, 3.05) is 16.4 Å². The number of rotatable bonds is 2. The highest BCUT2D eigenvalue weighted by atomic mass is 35.5. The Morgan fingerprint density at radius 2 is 1.87 bits per heavy atom. The minimum absolute atomic E-state index is 0.0591. The number of hydrogen-bond acceptors (Lipinski definition) is 5. The van der Waals surface area contributed by atoms with Crippen LogP contribution < -0.4 is 16.4 Å². The van der Waals surface area contributed by atoms with Crippen LogP contribution in [0.1, 0.15) is 17.3 Å². The molecule has 1 unspecified atom stereocenters. The molecule has 1 heterocycles. The second kappa shape index (κ2) is 9.93. The van der Waals surface area contributed by atoms with Crippen LogP contribution in [-0.2, 0) is 4.79 Å². The van der Waals surface area contributed by atoms with Gasteiger partial charge in [0.05, 0.1) is 16.0 Å². The summed E-state index contributed by atoms with van der Waals surface area (Å²) in [6.07, 6.45) is 0. The lowest BCUT2D eigenvalue weighted by molar-refractivity contribution is -0.115. The van der Waals surface area contributed by atoms with E-state index in [1.807, 2.05) is 43.3 Å². The maximum atomic E-state index is 12.3. The van der Waals surface area contributed by atoms with Gasteiger partial charge in [-0.3, -0.25) is 9.59 Å². The van der Waals surface area contributed by atoms with E-state index in [0.29, 0.717) is 26.9 Å². The van der Waals surface area contributed by atoms with Gasteiger partial charge in [0.1, 0.15) is 0 Å². The molecule has 0 fully saturated rings. The topological polar surface area (TPSA) is 84.2 Å². The van der Waals surface area contributed by atoms with Crippen LogP contribution in [0.4, 0.5) is 17.1 Å². The van der Waals surface area contributed by atoms with Crippen LogP contribution in [0.2, 0.25) is 5.02 Å². The molecule has 1 atom stereocenters. The van der Waals surface area contributed by atoms with Gasteiger partial charge in [-0.15, -0.1) is 24.4 Å². The van der Waals surface area contributed by atoms with E-state index in [9.17, 15) is 9.59 Å². The number of thioether (sulfide) groups is 1. The number of benzene rings is 3. The van der Waals surface area contributed by atoms with Crippen LogP contribution >= 0.6 is 36.0 Å². The number of fused-ring (bicyclic) bond motifs is 1. The lowest BCUT2D eigenvalue weighted by atomic mass is 10.1. The van der Waals surface area contributed by atoms with Crippen LogP contribution in [0.25, 0.3) is 0 Å². The second-order valence-corrected chi connectivity index (χ2v) is 8.76. The summed E-state index contributed by atoms with van der Waals surface area (Å²) in [5.41, 5.74) is 7.89. The summed E-state index contributed by atoms with van der Waals surface area (Å²) in [7, 11) is 0. The molecule has 4 rings (SSSR count). The van der Waals surface area contributed by atoms with E-state index in [1.165, 1.54) is 11.8 Å². The minimum atomic E-state index is -0.270. The maximum Gasteiger partial charge on any atom is 0.255 e. The molecule has 4 N–H and O–H groups in total. The minimum Gasteiger partial charge on any atom is -0.399 e. The van der Waals surface area contributed by atoms with Gasteiger partial charge in [0.25, 0.3) is 5.91 Å². The van der Waals surface area contributed by atoms with Crippen molar-refractivity contribution in [2.24, 2.45) is 0 Å². The summed E-state index contributed by atoms with van der Waals surface area (Å²) >= 11 is 11.7. The fourth-order valence-electron chi connectivity index (χ4n) is 2.59. The predicted molar refractivity (Wildman–Crippen MR) is 128 cm³/mol. The number of hydrogen-bond donors (Lipinski definition) is 4. The molecule has 5 nitrogen and oxygen atoms in total. The Kier molecular flexibility index (Phi) is 7.31. The molecular formula is C22H20ClN3O2S2. The molecular weight excluding hydrogens is 438 g/mol. The molecule has 0 saturated heterocycles. The zero-order valence-corrected chi connectivity index (χ0v) is 18.5. The van der Waals surface area contributed by atoms with Gasteiger partial charge < -0.3 is 16.4 Å². The van der Waals surface area contributed by atoms with Crippen molar-refractivity contribution in [1.82, 2.24) is 0 Å². The summed E-state index contributed by atoms with van der Waals surface area (Å²) in [5.74, 6) is -0.329. The van der Waals surface area contributed by atoms with Crippen molar-refractivity contribution in [3.8, 4) is 0 Å². The highest BCUT2D eigenvalue weighted by molar-refractivity contribution is 8.00. The average molecular weight is 458 g/mol. The SMILES string of the molecule is CC1Sc2ccc(C(=O)Nc3ccc(S)c(Cl)c3)cc2NC1=O.Nc1ccccc1. The van der Waals surface area contributed by atoms with Crippen molar-refractivity contribution < 1.29 is 9.59 Å². The smallest absolute Gasteiger partial charge is 0.255 e. The van der Waals surface area contributed by atoms with Crippen molar-refractivity contribution in [3.05, 3.63) is 77.3 Å². The lowest BCUT2D eigenvalue weighted by Crippen LogP contribution is -2.26. The van der Waals surface area contributed by atoms with E-state index in [-0.39, 0.29) is 17.1 Å². The second-order valence-electron chi connectivity index (χ2n) is 6.49. The van der Waals surface area contributed by atoms with E-state index < -0.39 is 0 Å². The third-order valence-electron chi connectivity index (χ3n) is 4.18. The number of anilines is 3. The molecule has 8 heteroatoms. The summed E-state index contributed by atoms with van der Waals surface area (Å²) in [5, 5.41) is 5.92. The standard InChI is InChI=1S/C16H13ClN2O2S2.C6H7N/c1-8-15(20)19-12-6-9(2-5-14(12)23-8)16(21)18-10-3-4-13(22)11(17)7-10;7-6-4-2-1-3-5-6/h2-8,22H,1H3,(H,18,21)(H,19,20);1-5H,7H2. The van der Waals surface area contributed by atoms with Crippen molar-refractivity contribution in [2.45, 2.75) is 22.0 Å². The van der Waals surface area contributed by atoms with Crippen molar-refractivity contribution in [1.29, 1.82) is 0 Å². The monoisotopic (exact) mass is 457 g/mol. The quantitative estimate of drug-likeness (QED) is 0.299. The Morgan fingerprint density at radius 1 is 1.13 bits per heavy atom. The Hall–Kier alpha value is -2.61. The number of nitrogens with two attached hydrogens (primary N) is 1. The molecule has 1 aliphatic rings. The van der Waals surface area contributed by atoms with Crippen molar-refractivity contribution >= 4 is 64.9 Å². The van der Waals surface area contributed by atoms with Gasteiger partial charge in [-0.1, -0.05) is 29.8 Å². The number of nitrogens with one attached hydrogen (secondary N) is 2. The predicted octanol–water partition coefficient (Wildman–Crippen LogP) is 5.58. The summed E-state index contributed by atoms with van der Waals surface area (Å²) in [6, 6.07) is 19.8. The van der Waals surface area contributed by atoms with Gasteiger partial charge in [0.2, 0.25) is 5.91 Å². The van der Waals surface area contributed by atoms with E-state index >= 15 is 0 Å². The van der Waals surface area contributed by atoms with Crippen LogP contribution in [0.15, 0.2) is 76.5 Å². The van der Waals surface area contributed by atoms with Gasteiger partial charge >= 0.3 is 0 Å². The summed E-state index contributed by atoms with van der Waals surface area (Å²) < 4.78 is 0. The Labute approximate surface area is 189 Å². The maximum absolute atomic E-state index is 12.3. The molecule has 0 radical (unpaired) electrons. The first-order chi connectivity index (χ1) is 14.3. The van der Waals surface area contributed by atoms with E-state index in [1.54, 1.807) is 30.3 Å². The van der Waals surface area contributed by atoms with Crippen LogP contribution in [0.5, 0.6) is 0 Å². The highest BCUT2D eigenvalue weighted by Crippen LogP contribution is 2.36. The summed E-state index contributed by atoms with van der Waals surface area (Å²) in [4.78, 5) is 25.7. The number of para-hydroxylation sites is 1. The first kappa shape index (κ1) is 22.1. The number of amides is 2. The first-order valence-electron chi connectivity index (χ1n) is 9.05. The van der Waals surface area contributed by atoms with Gasteiger partial charge in [0.15, 0.2) is 0 Å². The normalized spacial score (nSPS) is 14.6. The van der Waals surface area contributed by atoms with Crippen LogP contribution in [0, 0.1) is 0 Å². The molecule has 30 heavy (non-hydrogen) atoms. The average Bonchev–Trinajstić information content (AvgIpc) is 2.72. The fraction of sp³-hybridized carbons (Fsp3) is 0.0909. The lowest BCUT2D eigenvalue weighted by Gasteiger charge is -2.21. The molecule has 0 aromatic heterocycles. The number of carbonyl (C=O) groups is 2. The Balaban J connectivity index is 0.000000310. The molecule has 3 aromatic carbocycles. The Morgan fingerprint density at radius 3 is 2.50 bits per heavy atom. The van der Waals surface area contributed by atoms with E-state index in [0.717, 1.165) is 10.6 Å². The van der Waals surface area contributed by atoms with Gasteiger partial charge in [-0.2, -0.15) is 0 Å². The number of carbonyl (C=O) groups excluding carboxylic acids is 2. The molecule has 0 bridgehead atoms. The molecule has 0 aliphatic carbocycles. The number of nitrogen functional groups attached to an aromatic ring is 1. The van der Waals surface area contributed by atoms with Gasteiger partial charge in [-0.05, 0) is 55.5 Å². The molecule has 0 saturated carbocycles. The van der Waals surface area contributed by atoms with E-state index in [2.05, 4.69) is 23.3 Å². The van der Waals surface area contributed by atoms with Crippen molar-refractivity contribution in [3.63, 3.8) is 0 Å². The molecule has 154 valence electrons. The number of thiol groups is 1. The molecule has 3 aromatic rings. The largest absolute Gasteiger partial charge is 0.399 e. The highest BCUT2D eigenvalue weighted by Gasteiger charge is 2.23. The molecule has 0 spiro atoms. The van der Waals surface area contributed by atoms with E-state index in [4.69, 9.17) is 17.3 Å². The fourth-order valence-corrected chi connectivity index (χ4v) is 3.84. The van der Waals surface area contributed by atoms with Gasteiger partial charge in [0, 0.05) is 26.7 Å². The molecule has 1 aliphatic heterocycles. The van der Waals surface area contributed by atoms with Crippen LogP contribution in [0.3, 0.4) is 0 Å². The third-order valence-corrected chi connectivity index (χ3v) is 6.19. The first-order valence-corrected chi connectivity index (χ1v) is 10.8. The Bertz CT molecular complexity index is 1080. The van der Waals surface area contributed by atoms with Crippen LogP contribution in [-0.4, -0.2) is 17.1 Å². The zero-order chi connectivity index (χ0) is 21.7. The zero-order valence-electron chi connectivity index (χ0n) is 16.1.